The summed E-state index contributed by atoms with van der Waals surface area (Å²) in [4.78, 5) is 11.3. The first kappa shape index (κ1) is 15.7. The number of benzene rings is 1. The van der Waals surface area contributed by atoms with Crippen LogP contribution in [0.3, 0.4) is 0 Å². The molecule has 6 heteroatoms. The van der Waals surface area contributed by atoms with Crippen molar-refractivity contribution in [3.05, 3.63) is 27.7 Å². The summed E-state index contributed by atoms with van der Waals surface area (Å²) in [5.41, 5.74) is 0. The number of carbonyl (C=O) groups is 1. The predicted molar refractivity (Wildman–Crippen MR) is 80.7 cm³/mol. The molecule has 1 rings (SSSR count). The molecule has 3 nitrogen and oxygen atoms in total. The van der Waals surface area contributed by atoms with E-state index in [0.717, 1.165) is 4.47 Å². The average Bonchev–Trinajstić information content (AvgIpc) is 2.34. The molecule has 0 saturated carbocycles. The van der Waals surface area contributed by atoms with E-state index in [1.807, 2.05) is 6.07 Å². The quantitative estimate of drug-likeness (QED) is 0.584. The summed E-state index contributed by atoms with van der Waals surface area (Å²) in [6.45, 7) is 1.07. The summed E-state index contributed by atoms with van der Waals surface area (Å²) in [6.07, 6.45) is 1.10. The lowest BCUT2D eigenvalue weighted by Gasteiger charge is -2.08. The van der Waals surface area contributed by atoms with Crippen LogP contribution in [0.25, 0.3) is 0 Å². The molecule has 1 aromatic carbocycles. The molecule has 100 valence electrons. The highest BCUT2D eigenvalue weighted by Gasteiger charge is 2.03. The largest absolute Gasteiger partial charge is 0.492 e. The van der Waals surface area contributed by atoms with Crippen molar-refractivity contribution in [2.45, 2.75) is 12.8 Å². The lowest BCUT2D eigenvalue weighted by Crippen LogP contribution is -2.25. The molecule has 0 spiro atoms. The molecule has 0 heterocycles. The Bertz CT molecular complexity index is 404. The summed E-state index contributed by atoms with van der Waals surface area (Å²) in [7, 11) is 0. The maximum atomic E-state index is 11.3. The van der Waals surface area contributed by atoms with E-state index in [1.54, 1.807) is 12.1 Å². The van der Waals surface area contributed by atoms with Crippen molar-refractivity contribution in [3.63, 3.8) is 0 Å². The van der Waals surface area contributed by atoms with Gasteiger partial charge in [0, 0.05) is 23.2 Å². The second-order valence-electron chi connectivity index (χ2n) is 3.60. The first-order valence-corrected chi connectivity index (χ1v) is 7.39. The Morgan fingerprint density at radius 2 is 2.28 bits per heavy atom. The summed E-state index contributed by atoms with van der Waals surface area (Å²) >= 11 is 13.3. The fourth-order valence-corrected chi connectivity index (χ4v) is 2.13. The van der Waals surface area contributed by atoms with Crippen molar-refractivity contribution in [2.24, 2.45) is 0 Å². The van der Waals surface area contributed by atoms with Crippen LogP contribution in [0.2, 0.25) is 5.02 Å². The Kier molecular flexibility index (Phi) is 7.54. The standard InChI is InChI=1S/C12H15BrClNO2S/c13-9-3-4-11(10(14)8-9)17-6-1-2-12(16)15-5-7-18/h3-4,8,18H,1-2,5-7H2,(H,15,16). The molecule has 1 amide bonds. The van der Waals surface area contributed by atoms with E-state index < -0.39 is 0 Å². The second-order valence-corrected chi connectivity index (χ2v) is 5.37. The van der Waals surface area contributed by atoms with Gasteiger partial charge in [0.15, 0.2) is 0 Å². The number of amides is 1. The van der Waals surface area contributed by atoms with Gasteiger partial charge in [0.1, 0.15) is 5.75 Å². The van der Waals surface area contributed by atoms with Crippen molar-refractivity contribution in [3.8, 4) is 5.75 Å². The second kappa shape index (κ2) is 8.67. The van der Waals surface area contributed by atoms with Gasteiger partial charge in [0.25, 0.3) is 0 Å². The Hall–Kier alpha value is -0.390. The molecule has 0 atom stereocenters. The van der Waals surface area contributed by atoms with Crippen molar-refractivity contribution < 1.29 is 9.53 Å². The lowest BCUT2D eigenvalue weighted by molar-refractivity contribution is -0.121. The van der Waals surface area contributed by atoms with E-state index in [2.05, 4.69) is 33.9 Å². The number of rotatable bonds is 7. The van der Waals surface area contributed by atoms with Crippen molar-refractivity contribution in [1.29, 1.82) is 0 Å². The van der Waals surface area contributed by atoms with E-state index in [9.17, 15) is 4.79 Å². The van der Waals surface area contributed by atoms with Gasteiger partial charge in [-0.25, -0.2) is 0 Å². The smallest absolute Gasteiger partial charge is 0.220 e. The molecule has 18 heavy (non-hydrogen) atoms. The van der Waals surface area contributed by atoms with E-state index >= 15 is 0 Å². The molecule has 1 N–H and O–H groups in total. The monoisotopic (exact) mass is 351 g/mol. The SMILES string of the molecule is O=C(CCCOc1ccc(Br)cc1Cl)NCCS. The number of hydrogen-bond donors (Lipinski definition) is 2. The normalized spacial score (nSPS) is 10.2. The number of ether oxygens (including phenoxy) is 1. The fourth-order valence-electron chi connectivity index (χ4n) is 1.29. The van der Waals surface area contributed by atoms with Gasteiger partial charge in [-0.05, 0) is 24.6 Å². The minimum Gasteiger partial charge on any atom is -0.492 e. The molecular weight excluding hydrogens is 338 g/mol. The van der Waals surface area contributed by atoms with E-state index in [4.69, 9.17) is 16.3 Å². The Balaban J connectivity index is 2.23. The number of hydrogen-bond acceptors (Lipinski definition) is 3. The van der Waals surface area contributed by atoms with E-state index in [-0.39, 0.29) is 5.91 Å². The highest BCUT2D eigenvalue weighted by Crippen LogP contribution is 2.27. The highest BCUT2D eigenvalue weighted by molar-refractivity contribution is 9.10. The van der Waals surface area contributed by atoms with Gasteiger partial charge in [-0.1, -0.05) is 27.5 Å². The first-order valence-electron chi connectivity index (χ1n) is 5.59. The van der Waals surface area contributed by atoms with Crippen LogP contribution >= 0.6 is 40.2 Å². The molecule has 0 radical (unpaired) electrons. The summed E-state index contributed by atoms with van der Waals surface area (Å²) in [6, 6.07) is 5.43. The fraction of sp³-hybridized carbons (Fsp3) is 0.417. The Labute approximate surface area is 126 Å². The van der Waals surface area contributed by atoms with Crippen LogP contribution in [-0.2, 0) is 4.79 Å². The predicted octanol–water partition coefficient (Wildman–Crippen LogP) is 3.31. The number of carbonyl (C=O) groups excluding carboxylic acids is 1. The molecule has 0 saturated heterocycles. The molecular formula is C12H15BrClNO2S. The minimum absolute atomic E-state index is 0.0227. The van der Waals surface area contributed by atoms with Gasteiger partial charge in [0.2, 0.25) is 5.91 Å². The van der Waals surface area contributed by atoms with Gasteiger partial charge in [-0.2, -0.15) is 12.6 Å². The lowest BCUT2D eigenvalue weighted by atomic mass is 10.3. The third-order valence-corrected chi connectivity index (χ3v) is 3.15. The Morgan fingerprint density at radius 3 is 2.94 bits per heavy atom. The maximum absolute atomic E-state index is 11.3. The molecule has 0 aromatic heterocycles. The zero-order chi connectivity index (χ0) is 13.4. The number of nitrogens with one attached hydrogen (secondary N) is 1. The Morgan fingerprint density at radius 1 is 1.50 bits per heavy atom. The first-order chi connectivity index (χ1) is 8.63. The third kappa shape index (κ3) is 5.98. The average molecular weight is 353 g/mol. The minimum atomic E-state index is 0.0227. The number of halogens is 2. The zero-order valence-electron chi connectivity index (χ0n) is 9.79. The van der Waals surface area contributed by atoms with Crippen LogP contribution in [0.1, 0.15) is 12.8 Å². The van der Waals surface area contributed by atoms with Crippen LogP contribution in [0.4, 0.5) is 0 Å². The molecule has 0 aliphatic heterocycles. The molecule has 1 aromatic rings. The maximum Gasteiger partial charge on any atom is 0.220 e. The van der Waals surface area contributed by atoms with Crippen molar-refractivity contribution >= 4 is 46.1 Å². The van der Waals surface area contributed by atoms with E-state index in [1.165, 1.54) is 0 Å². The van der Waals surface area contributed by atoms with Crippen LogP contribution < -0.4 is 10.1 Å². The molecule has 0 fully saturated rings. The molecule has 0 aliphatic carbocycles. The number of thiol groups is 1. The van der Waals surface area contributed by atoms with Crippen molar-refractivity contribution in [2.75, 3.05) is 18.9 Å². The van der Waals surface area contributed by atoms with Gasteiger partial charge in [-0.15, -0.1) is 0 Å². The van der Waals surface area contributed by atoms with Gasteiger partial charge >= 0.3 is 0 Å². The summed E-state index contributed by atoms with van der Waals surface area (Å²) < 4.78 is 6.41. The summed E-state index contributed by atoms with van der Waals surface area (Å²) in [5.74, 6) is 1.31. The van der Waals surface area contributed by atoms with Gasteiger partial charge in [-0.3, -0.25) is 4.79 Å². The van der Waals surface area contributed by atoms with Crippen LogP contribution in [0, 0.1) is 0 Å². The van der Waals surface area contributed by atoms with Gasteiger partial charge < -0.3 is 10.1 Å². The highest BCUT2D eigenvalue weighted by atomic mass is 79.9. The molecule has 0 aliphatic rings. The topological polar surface area (TPSA) is 38.3 Å². The van der Waals surface area contributed by atoms with Crippen LogP contribution in [0.5, 0.6) is 5.75 Å². The van der Waals surface area contributed by atoms with Gasteiger partial charge in [0.05, 0.1) is 11.6 Å². The molecule has 0 unspecified atom stereocenters. The van der Waals surface area contributed by atoms with Crippen LogP contribution in [0.15, 0.2) is 22.7 Å². The zero-order valence-corrected chi connectivity index (χ0v) is 13.0. The third-order valence-electron chi connectivity index (χ3n) is 2.13. The van der Waals surface area contributed by atoms with E-state index in [0.29, 0.717) is 42.5 Å². The van der Waals surface area contributed by atoms with Crippen molar-refractivity contribution in [1.82, 2.24) is 5.32 Å². The van der Waals surface area contributed by atoms with Crippen LogP contribution in [-0.4, -0.2) is 24.8 Å². The summed E-state index contributed by atoms with van der Waals surface area (Å²) in [5, 5.41) is 3.31. The molecule has 0 bridgehead atoms.